The van der Waals surface area contributed by atoms with Crippen LogP contribution in [0.3, 0.4) is 0 Å². The van der Waals surface area contributed by atoms with E-state index < -0.39 is 6.04 Å². The van der Waals surface area contributed by atoms with Crippen LogP contribution < -0.4 is 20.7 Å². The smallest absolute Gasteiger partial charge is 0.246 e. The van der Waals surface area contributed by atoms with E-state index in [2.05, 4.69) is 49.7 Å². The molecule has 0 saturated carbocycles. The van der Waals surface area contributed by atoms with E-state index in [1.807, 2.05) is 43.3 Å². The molecule has 2 amide bonds. The van der Waals surface area contributed by atoms with E-state index in [0.717, 1.165) is 35.3 Å². The van der Waals surface area contributed by atoms with Crippen LogP contribution in [-0.2, 0) is 9.59 Å². The molecule has 0 radical (unpaired) electrons. The number of rotatable bonds is 14. The van der Waals surface area contributed by atoms with Crippen molar-refractivity contribution in [3.63, 3.8) is 0 Å². The van der Waals surface area contributed by atoms with Crippen molar-refractivity contribution in [3.8, 4) is 17.6 Å². The highest BCUT2D eigenvalue weighted by atomic mass is 16.5. The zero-order valence-electron chi connectivity index (χ0n) is 25.9. The number of likely N-dealkylation sites (N-methyl/N-ethyl adjacent to an activating group) is 2. The maximum absolute atomic E-state index is 12.5. The molecule has 3 N–H and O–H groups in total. The number of methoxy groups -OCH3 is 1. The fourth-order valence-electron chi connectivity index (χ4n) is 3.89. The topological polar surface area (TPSA) is 125 Å². The molecule has 0 unspecified atom stereocenters. The number of aromatic nitrogens is 3. The van der Waals surface area contributed by atoms with Crippen molar-refractivity contribution >= 4 is 40.2 Å². The zero-order chi connectivity index (χ0) is 31.2. The Balaban J connectivity index is 1.55. The number of pyridine rings is 1. The Hall–Kier alpha value is -4.69. The van der Waals surface area contributed by atoms with Gasteiger partial charge in [-0.3, -0.25) is 14.6 Å². The van der Waals surface area contributed by atoms with Gasteiger partial charge >= 0.3 is 0 Å². The van der Waals surface area contributed by atoms with Crippen molar-refractivity contribution in [2.24, 2.45) is 0 Å². The molecule has 0 aliphatic heterocycles. The molecule has 1 atom stereocenters. The average Bonchev–Trinajstić information content (AvgIpc) is 3.00. The van der Waals surface area contributed by atoms with E-state index in [9.17, 15) is 9.59 Å². The monoisotopic (exact) mass is 586 g/mol. The summed E-state index contributed by atoms with van der Waals surface area (Å²) in [5.41, 5.74) is 2.32. The van der Waals surface area contributed by atoms with Crippen molar-refractivity contribution in [2.75, 3.05) is 58.5 Å². The number of carbonyl (C=O) groups excluding carboxylic acids is 2. The van der Waals surface area contributed by atoms with Gasteiger partial charge in [-0.15, -0.1) is 0 Å². The van der Waals surface area contributed by atoms with Gasteiger partial charge in [0.1, 0.15) is 17.6 Å². The summed E-state index contributed by atoms with van der Waals surface area (Å²) in [6.45, 7) is 5.66. The van der Waals surface area contributed by atoms with Crippen LogP contribution in [0.4, 0.5) is 17.5 Å². The molecule has 2 aromatic heterocycles. The number of ether oxygens (including phenoxy) is 1. The van der Waals surface area contributed by atoms with Crippen LogP contribution in [0.2, 0.25) is 0 Å². The minimum absolute atomic E-state index is 0.201. The Kier molecular flexibility index (Phi) is 12.7. The lowest BCUT2D eigenvalue weighted by Crippen LogP contribution is -2.45. The number of hydrogen-bond acceptors (Lipinski definition) is 9. The number of hydrogen-bond donors (Lipinski definition) is 3. The molecule has 2 heterocycles. The summed E-state index contributed by atoms with van der Waals surface area (Å²) in [6, 6.07) is 7.12. The van der Waals surface area contributed by atoms with Crippen molar-refractivity contribution in [3.05, 3.63) is 54.4 Å². The molecule has 228 valence electrons. The lowest BCUT2D eigenvalue weighted by Gasteiger charge is -2.23. The van der Waals surface area contributed by atoms with Crippen LogP contribution in [0, 0.1) is 11.8 Å². The Morgan fingerprint density at radius 3 is 2.67 bits per heavy atom. The highest BCUT2D eigenvalue weighted by Gasteiger charge is 2.20. The summed E-state index contributed by atoms with van der Waals surface area (Å²) in [7, 11) is 7.11. The van der Waals surface area contributed by atoms with Crippen LogP contribution >= 0.6 is 0 Å². The number of nitrogens with zero attached hydrogens (tertiary/aromatic N) is 5. The number of amides is 2. The fraction of sp³-hybridized carbons (Fsp3) is 0.406. The lowest BCUT2D eigenvalue weighted by molar-refractivity contribution is -0.135. The van der Waals surface area contributed by atoms with Gasteiger partial charge in [0.25, 0.3) is 0 Å². The van der Waals surface area contributed by atoms with Crippen molar-refractivity contribution in [1.82, 2.24) is 30.1 Å². The van der Waals surface area contributed by atoms with Crippen LogP contribution in [0.1, 0.15) is 38.7 Å². The molecule has 43 heavy (non-hydrogen) atoms. The normalized spacial score (nSPS) is 11.6. The van der Waals surface area contributed by atoms with E-state index in [4.69, 9.17) is 4.74 Å². The highest BCUT2D eigenvalue weighted by molar-refractivity contribution is 5.92. The van der Waals surface area contributed by atoms with Gasteiger partial charge in [0, 0.05) is 44.6 Å². The SMILES string of the molecule is CCCNc1nc(Nc2cnc3ccc(OC)cc3c2)ncc1C#CCCCNC(=O)[C@H](C)N(C)C(=O)/C=C/CN(C)C. The van der Waals surface area contributed by atoms with Crippen LogP contribution in [0.25, 0.3) is 10.9 Å². The Morgan fingerprint density at radius 1 is 1.12 bits per heavy atom. The van der Waals surface area contributed by atoms with Gasteiger partial charge in [0.15, 0.2) is 0 Å². The van der Waals surface area contributed by atoms with Gasteiger partial charge in [-0.25, -0.2) is 4.98 Å². The van der Waals surface area contributed by atoms with Crippen molar-refractivity contribution in [1.29, 1.82) is 0 Å². The molecular weight excluding hydrogens is 544 g/mol. The minimum Gasteiger partial charge on any atom is -0.497 e. The largest absolute Gasteiger partial charge is 0.497 e. The molecule has 3 rings (SSSR count). The van der Waals surface area contributed by atoms with E-state index in [1.165, 1.54) is 11.0 Å². The van der Waals surface area contributed by atoms with Gasteiger partial charge in [0.05, 0.1) is 36.3 Å². The first kappa shape index (κ1) is 32.8. The second-order valence-corrected chi connectivity index (χ2v) is 10.3. The number of anilines is 3. The number of benzene rings is 1. The predicted molar refractivity (Wildman–Crippen MR) is 171 cm³/mol. The number of unbranched alkanes of at least 4 members (excludes halogenated alkanes) is 1. The number of nitrogens with one attached hydrogen (secondary N) is 3. The van der Waals surface area contributed by atoms with Crippen LogP contribution in [0.5, 0.6) is 5.75 Å². The van der Waals surface area contributed by atoms with E-state index in [-0.39, 0.29) is 11.8 Å². The average molecular weight is 587 g/mol. The molecule has 3 aromatic rings. The molecule has 0 spiro atoms. The molecule has 1 aromatic carbocycles. The van der Waals surface area contributed by atoms with Gasteiger partial charge in [-0.1, -0.05) is 24.8 Å². The molecule has 0 bridgehead atoms. The summed E-state index contributed by atoms with van der Waals surface area (Å²) in [5.74, 6) is 7.74. The lowest BCUT2D eigenvalue weighted by atomic mass is 10.2. The number of carbonyl (C=O) groups is 2. The Morgan fingerprint density at radius 2 is 1.93 bits per heavy atom. The second-order valence-electron chi connectivity index (χ2n) is 10.3. The first-order chi connectivity index (χ1) is 20.7. The molecule has 11 nitrogen and oxygen atoms in total. The first-order valence-corrected chi connectivity index (χ1v) is 14.4. The minimum atomic E-state index is -0.577. The summed E-state index contributed by atoms with van der Waals surface area (Å²) in [6.07, 6.45) is 8.89. The summed E-state index contributed by atoms with van der Waals surface area (Å²) in [5, 5.41) is 10.4. The maximum atomic E-state index is 12.5. The van der Waals surface area contributed by atoms with Crippen LogP contribution in [0.15, 0.2) is 48.8 Å². The standard InChI is InChI=1S/C32H42N8O3/c1-7-16-33-30-24(12-9-8-10-17-34-31(42)23(2)40(5)29(41)13-11-18-39(3)4)21-36-32(38-30)37-26-19-25-20-27(43-6)14-15-28(25)35-22-26/h11,13-15,19-23H,7-8,10,16-18H2,1-6H3,(H,34,42)(H2,33,36,37,38)/b13-11+/t23-/m0/s1. The molecule has 0 aliphatic rings. The predicted octanol–water partition coefficient (Wildman–Crippen LogP) is 3.81. The summed E-state index contributed by atoms with van der Waals surface area (Å²) in [4.78, 5) is 41.8. The molecule has 0 saturated heterocycles. The van der Waals surface area contributed by atoms with Gasteiger partial charge in [-0.2, -0.15) is 4.98 Å². The van der Waals surface area contributed by atoms with Crippen molar-refractivity contribution < 1.29 is 14.3 Å². The molecule has 0 aliphatic carbocycles. The Bertz CT molecular complexity index is 1480. The van der Waals surface area contributed by atoms with Crippen molar-refractivity contribution in [2.45, 2.75) is 39.2 Å². The summed E-state index contributed by atoms with van der Waals surface area (Å²) < 4.78 is 5.32. The second kappa shape index (κ2) is 16.7. The fourth-order valence-corrected chi connectivity index (χ4v) is 3.89. The van der Waals surface area contributed by atoms with E-state index >= 15 is 0 Å². The molecule has 11 heteroatoms. The first-order valence-electron chi connectivity index (χ1n) is 14.4. The van der Waals surface area contributed by atoms with Gasteiger partial charge in [-0.05, 0) is 58.1 Å². The van der Waals surface area contributed by atoms with E-state index in [0.29, 0.717) is 43.3 Å². The van der Waals surface area contributed by atoms with Crippen LogP contribution in [-0.4, -0.2) is 90.5 Å². The number of fused-ring (bicyclic) bond motifs is 1. The zero-order valence-corrected chi connectivity index (χ0v) is 25.9. The van der Waals surface area contributed by atoms with Gasteiger partial charge in [0.2, 0.25) is 17.8 Å². The summed E-state index contributed by atoms with van der Waals surface area (Å²) >= 11 is 0. The molecular formula is C32H42N8O3. The quantitative estimate of drug-likeness (QED) is 0.147. The molecule has 0 fully saturated rings. The van der Waals surface area contributed by atoms with E-state index in [1.54, 1.807) is 39.6 Å². The highest BCUT2D eigenvalue weighted by Crippen LogP contribution is 2.23. The third-order valence-corrected chi connectivity index (χ3v) is 6.52. The Labute approximate surface area is 254 Å². The third-order valence-electron chi connectivity index (χ3n) is 6.52. The van der Waals surface area contributed by atoms with Gasteiger partial charge < -0.3 is 30.5 Å². The maximum Gasteiger partial charge on any atom is 0.246 e. The third kappa shape index (κ3) is 10.3.